The number of unbranched alkanes of at least 4 members (excludes halogenated alkanes) is 3. The summed E-state index contributed by atoms with van der Waals surface area (Å²) < 4.78 is 27.2. The Bertz CT molecular complexity index is 469. The van der Waals surface area contributed by atoms with Crippen LogP contribution in [0.3, 0.4) is 0 Å². The molecule has 0 fully saturated rings. The quantitative estimate of drug-likeness (QED) is 0.689. The predicted molar refractivity (Wildman–Crippen MR) is 80.8 cm³/mol. The highest BCUT2D eigenvalue weighted by atomic mass is 32.2. The molecule has 3 N–H and O–H groups in total. The van der Waals surface area contributed by atoms with Crippen molar-refractivity contribution in [3.63, 3.8) is 0 Å². The Balaban J connectivity index is 2.55. The lowest BCUT2D eigenvalue weighted by atomic mass is 10.1. The van der Waals surface area contributed by atoms with Gasteiger partial charge in [0.2, 0.25) is 10.0 Å². The van der Waals surface area contributed by atoms with Crippen LogP contribution in [0.2, 0.25) is 0 Å². The van der Waals surface area contributed by atoms with Crippen LogP contribution in [-0.2, 0) is 16.6 Å². The molecular formula is C13H24N2O2S2. The SMILES string of the molecule is CCCCCCC(C)NS(=O)(=O)c1ccsc1CN. The maximum absolute atomic E-state index is 12.2. The van der Waals surface area contributed by atoms with Gasteiger partial charge in [0, 0.05) is 17.5 Å². The van der Waals surface area contributed by atoms with E-state index in [0.29, 0.717) is 9.77 Å². The molecule has 110 valence electrons. The third kappa shape index (κ3) is 5.22. The van der Waals surface area contributed by atoms with E-state index < -0.39 is 10.0 Å². The fourth-order valence-corrected chi connectivity index (χ4v) is 4.59. The van der Waals surface area contributed by atoms with Crippen LogP contribution in [0.4, 0.5) is 0 Å². The van der Waals surface area contributed by atoms with E-state index in [-0.39, 0.29) is 12.6 Å². The van der Waals surface area contributed by atoms with Crippen molar-refractivity contribution in [3.8, 4) is 0 Å². The van der Waals surface area contributed by atoms with Crippen molar-refractivity contribution >= 4 is 21.4 Å². The highest BCUT2D eigenvalue weighted by Crippen LogP contribution is 2.21. The second-order valence-corrected chi connectivity index (χ2v) is 7.47. The number of hydrogen-bond acceptors (Lipinski definition) is 4. The summed E-state index contributed by atoms with van der Waals surface area (Å²) in [5.74, 6) is 0. The van der Waals surface area contributed by atoms with E-state index in [9.17, 15) is 8.42 Å². The highest BCUT2D eigenvalue weighted by Gasteiger charge is 2.20. The molecule has 0 saturated heterocycles. The molecule has 0 aliphatic rings. The molecule has 0 radical (unpaired) electrons. The molecule has 0 aliphatic heterocycles. The number of nitrogens with two attached hydrogens (primary N) is 1. The van der Waals surface area contributed by atoms with Gasteiger partial charge in [-0.25, -0.2) is 13.1 Å². The van der Waals surface area contributed by atoms with E-state index in [1.165, 1.54) is 24.2 Å². The van der Waals surface area contributed by atoms with Crippen LogP contribution in [0.5, 0.6) is 0 Å². The first-order valence-electron chi connectivity index (χ1n) is 6.80. The van der Waals surface area contributed by atoms with E-state index in [1.54, 1.807) is 11.4 Å². The van der Waals surface area contributed by atoms with E-state index in [0.717, 1.165) is 19.3 Å². The lowest BCUT2D eigenvalue weighted by molar-refractivity contribution is 0.521. The summed E-state index contributed by atoms with van der Waals surface area (Å²) in [5, 5.41) is 1.77. The minimum atomic E-state index is -3.42. The summed E-state index contributed by atoms with van der Waals surface area (Å²) in [5.41, 5.74) is 5.55. The normalized spacial score (nSPS) is 13.6. The summed E-state index contributed by atoms with van der Waals surface area (Å²) in [6.07, 6.45) is 5.50. The van der Waals surface area contributed by atoms with Gasteiger partial charge in [-0.3, -0.25) is 0 Å². The van der Waals surface area contributed by atoms with E-state index in [4.69, 9.17) is 5.73 Å². The van der Waals surface area contributed by atoms with Gasteiger partial charge >= 0.3 is 0 Å². The van der Waals surface area contributed by atoms with Crippen LogP contribution >= 0.6 is 11.3 Å². The van der Waals surface area contributed by atoms with Gasteiger partial charge in [-0.05, 0) is 24.8 Å². The minimum absolute atomic E-state index is 0.0348. The Morgan fingerprint density at radius 2 is 2.11 bits per heavy atom. The Morgan fingerprint density at radius 1 is 1.37 bits per heavy atom. The van der Waals surface area contributed by atoms with Crippen LogP contribution < -0.4 is 10.5 Å². The van der Waals surface area contributed by atoms with Gasteiger partial charge in [0.15, 0.2) is 0 Å². The summed E-state index contributed by atoms with van der Waals surface area (Å²) in [6.45, 7) is 4.34. The molecule has 1 unspecified atom stereocenters. The fourth-order valence-electron chi connectivity index (χ4n) is 1.98. The molecule has 4 nitrogen and oxygen atoms in total. The number of hydrogen-bond donors (Lipinski definition) is 2. The standard InChI is InChI=1S/C13H24N2O2S2/c1-3-4-5-6-7-11(2)15-19(16,17)13-8-9-18-12(13)10-14/h8-9,11,15H,3-7,10,14H2,1-2H3. The average Bonchev–Trinajstić information content (AvgIpc) is 2.83. The molecule has 0 saturated carbocycles. The Labute approximate surface area is 120 Å². The van der Waals surface area contributed by atoms with E-state index >= 15 is 0 Å². The van der Waals surface area contributed by atoms with Crippen molar-refractivity contribution in [3.05, 3.63) is 16.3 Å². The fraction of sp³-hybridized carbons (Fsp3) is 0.692. The molecule has 6 heteroatoms. The number of thiophene rings is 1. The number of nitrogens with one attached hydrogen (secondary N) is 1. The lowest BCUT2D eigenvalue weighted by Gasteiger charge is -2.14. The zero-order chi connectivity index (χ0) is 14.3. The van der Waals surface area contributed by atoms with Gasteiger partial charge in [-0.15, -0.1) is 11.3 Å². The van der Waals surface area contributed by atoms with Gasteiger partial charge in [0.1, 0.15) is 0 Å². The van der Waals surface area contributed by atoms with Gasteiger partial charge in [0.25, 0.3) is 0 Å². The first kappa shape index (κ1) is 16.6. The van der Waals surface area contributed by atoms with Gasteiger partial charge in [-0.2, -0.15) is 0 Å². The zero-order valence-electron chi connectivity index (χ0n) is 11.7. The monoisotopic (exact) mass is 304 g/mol. The second-order valence-electron chi connectivity index (χ2n) is 4.78. The predicted octanol–water partition coefficient (Wildman–Crippen LogP) is 2.84. The molecule has 1 atom stereocenters. The van der Waals surface area contributed by atoms with E-state index in [1.807, 2.05) is 6.92 Å². The lowest BCUT2D eigenvalue weighted by Crippen LogP contribution is -2.32. The maximum Gasteiger partial charge on any atom is 0.241 e. The topological polar surface area (TPSA) is 72.2 Å². The number of sulfonamides is 1. The summed E-state index contributed by atoms with van der Waals surface area (Å²) in [6, 6.07) is 1.59. The Morgan fingerprint density at radius 3 is 2.74 bits per heavy atom. The van der Waals surface area contributed by atoms with Crippen molar-refractivity contribution in [2.75, 3.05) is 0 Å². The molecule has 1 aromatic heterocycles. The molecule has 0 aliphatic carbocycles. The molecule has 0 amide bonds. The van der Waals surface area contributed by atoms with Gasteiger partial charge in [0.05, 0.1) is 4.90 Å². The van der Waals surface area contributed by atoms with Crippen LogP contribution in [0.1, 0.15) is 50.8 Å². The molecular weight excluding hydrogens is 280 g/mol. The molecule has 0 aromatic carbocycles. The minimum Gasteiger partial charge on any atom is -0.326 e. The smallest absolute Gasteiger partial charge is 0.241 e. The van der Waals surface area contributed by atoms with Crippen molar-refractivity contribution < 1.29 is 8.42 Å². The average molecular weight is 304 g/mol. The maximum atomic E-state index is 12.2. The summed E-state index contributed by atoms with van der Waals surface area (Å²) >= 11 is 1.38. The van der Waals surface area contributed by atoms with Crippen LogP contribution in [0.25, 0.3) is 0 Å². The third-order valence-electron chi connectivity index (χ3n) is 3.03. The third-order valence-corrected chi connectivity index (χ3v) is 5.77. The second kappa shape index (κ2) is 7.99. The first-order chi connectivity index (χ1) is 9.01. The molecule has 19 heavy (non-hydrogen) atoms. The largest absolute Gasteiger partial charge is 0.326 e. The highest BCUT2D eigenvalue weighted by molar-refractivity contribution is 7.89. The van der Waals surface area contributed by atoms with Crippen LogP contribution in [0.15, 0.2) is 16.3 Å². The summed E-state index contributed by atoms with van der Waals surface area (Å²) in [7, 11) is -3.42. The van der Waals surface area contributed by atoms with Crippen molar-refractivity contribution in [2.45, 2.75) is 63.4 Å². The molecule has 1 aromatic rings. The van der Waals surface area contributed by atoms with Crippen molar-refractivity contribution in [2.24, 2.45) is 5.73 Å². The van der Waals surface area contributed by atoms with Crippen LogP contribution in [0, 0.1) is 0 Å². The van der Waals surface area contributed by atoms with Crippen molar-refractivity contribution in [1.82, 2.24) is 4.72 Å². The number of rotatable bonds is 9. The molecule has 0 bridgehead atoms. The Hall–Kier alpha value is -0.430. The first-order valence-corrected chi connectivity index (χ1v) is 9.16. The van der Waals surface area contributed by atoms with Gasteiger partial charge in [-0.1, -0.05) is 32.6 Å². The van der Waals surface area contributed by atoms with Crippen molar-refractivity contribution in [1.29, 1.82) is 0 Å². The Kier molecular flexibility index (Phi) is 6.99. The van der Waals surface area contributed by atoms with Crippen LogP contribution in [-0.4, -0.2) is 14.5 Å². The molecule has 1 rings (SSSR count). The summed E-state index contributed by atoms with van der Waals surface area (Å²) in [4.78, 5) is 1.05. The molecule has 1 heterocycles. The molecule has 0 spiro atoms. The van der Waals surface area contributed by atoms with E-state index in [2.05, 4.69) is 11.6 Å². The zero-order valence-corrected chi connectivity index (χ0v) is 13.3. The van der Waals surface area contributed by atoms with Gasteiger partial charge < -0.3 is 5.73 Å².